The zero-order valence-corrected chi connectivity index (χ0v) is 22.9. The van der Waals surface area contributed by atoms with Gasteiger partial charge in [0.15, 0.2) is 5.82 Å². The third-order valence-corrected chi connectivity index (χ3v) is 8.04. The van der Waals surface area contributed by atoms with E-state index in [-0.39, 0.29) is 23.8 Å². The van der Waals surface area contributed by atoms with Crippen LogP contribution >= 0.6 is 0 Å². The number of nitrogens with zero attached hydrogens (tertiary/aromatic N) is 4. The Morgan fingerprint density at radius 1 is 1.26 bits per heavy atom. The Morgan fingerprint density at radius 2 is 2.08 bits per heavy atom. The van der Waals surface area contributed by atoms with Gasteiger partial charge in [-0.05, 0) is 56.8 Å². The predicted molar refractivity (Wildman–Crippen MR) is 153 cm³/mol. The molecule has 1 aromatic heterocycles. The van der Waals surface area contributed by atoms with Crippen molar-refractivity contribution in [2.45, 2.75) is 57.0 Å². The molecule has 2 aliphatic heterocycles. The van der Waals surface area contributed by atoms with Gasteiger partial charge in [-0.1, -0.05) is 18.9 Å². The summed E-state index contributed by atoms with van der Waals surface area (Å²) in [6, 6.07) is 5.78. The van der Waals surface area contributed by atoms with Crippen molar-refractivity contribution >= 4 is 35.0 Å². The van der Waals surface area contributed by atoms with Crippen molar-refractivity contribution in [2.75, 3.05) is 48.9 Å². The molecule has 1 aromatic carbocycles. The molecule has 2 fully saturated rings. The summed E-state index contributed by atoms with van der Waals surface area (Å²) in [5, 5.41) is 9.70. The van der Waals surface area contributed by atoms with Gasteiger partial charge in [-0.15, -0.1) is 6.58 Å². The molecule has 2 atom stereocenters. The van der Waals surface area contributed by atoms with Gasteiger partial charge >= 0.3 is 0 Å². The molecule has 2 amide bonds. The van der Waals surface area contributed by atoms with Crippen LogP contribution in [-0.2, 0) is 4.79 Å². The zero-order valence-electron chi connectivity index (χ0n) is 22.9. The van der Waals surface area contributed by atoms with E-state index in [2.05, 4.69) is 32.4 Å². The van der Waals surface area contributed by atoms with E-state index in [1.165, 1.54) is 12.8 Å². The maximum atomic E-state index is 13.3. The second-order valence-electron chi connectivity index (χ2n) is 10.7. The van der Waals surface area contributed by atoms with E-state index >= 15 is 0 Å². The number of hydrogen-bond donors (Lipinski definition) is 3. The van der Waals surface area contributed by atoms with E-state index in [4.69, 9.17) is 9.72 Å². The van der Waals surface area contributed by atoms with E-state index < -0.39 is 0 Å². The Labute approximate surface area is 230 Å². The molecule has 2 unspecified atom stereocenters. The molecule has 10 nitrogen and oxygen atoms in total. The first kappa shape index (κ1) is 26.9. The van der Waals surface area contributed by atoms with Gasteiger partial charge in [0, 0.05) is 37.8 Å². The Morgan fingerprint density at radius 3 is 2.79 bits per heavy atom. The molecule has 0 bridgehead atoms. The number of benzene rings is 1. The number of methoxy groups -OCH3 is 1. The number of rotatable bonds is 8. The van der Waals surface area contributed by atoms with Crippen LogP contribution in [0.15, 0.2) is 37.1 Å². The van der Waals surface area contributed by atoms with Crippen LogP contribution in [0.5, 0.6) is 5.75 Å². The standard InChI is InChI=1S/C29H39N7O3/c1-4-8-20-18-36(22-10-5-6-11-22)26-24(35(2)28(20)38)17-31-29(34-26)33-23-13-12-19(15-25(23)39-3)27(37)32-21-9-7-14-30-16-21/h4,12-13,15,17,20-22,30H,1,5-11,14,16,18H2,2-3H3,(H,32,37)(H,31,33,34). The zero-order chi connectivity index (χ0) is 27.4. The highest BCUT2D eigenvalue weighted by Crippen LogP contribution is 2.38. The average Bonchev–Trinajstić information content (AvgIpc) is 3.47. The molecular formula is C29H39N7O3. The molecule has 0 spiro atoms. The molecule has 3 aliphatic rings. The van der Waals surface area contributed by atoms with Crippen molar-refractivity contribution in [3.63, 3.8) is 0 Å². The smallest absolute Gasteiger partial charge is 0.251 e. The SMILES string of the molecule is C=CCC1CN(C2CCCC2)c2nc(Nc3ccc(C(=O)NC4CCCNC4)cc3OC)ncc2N(C)C1=O. The van der Waals surface area contributed by atoms with Gasteiger partial charge in [0.05, 0.1) is 24.9 Å². The maximum absolute atomic E-state index is 13.3. The first-order valence-corrected chi connectivity index (χ1v) is 14.0. The number of aromatic nitrogens is 2. The molecule has 39 heavy (non-hydrogen) atoms. The fourth-order valence-electron chi connectivity index (χ4n) is 5.88. The topological polar surface area (TPSA) is 112 Å². The van der Waals surface area contributed by atoms with Gasteiger partial charge < -0.3 is 30.5 Å². The lowest BCUT2D eigenvalue weighted by atomic mass is 10.0. The second kappa shape index (κ2) is 12.0. The summed E-state index contributed by atoms with van der Waals surface area (Å²) in [6.45, 7) is 6.25. The number of piperidine rings is 1. The molecule has 2 aromatic rings. The van der Waals surface area contributed by atoms with Crippen molar-refractivity contribution in [3.8, 4) is 5.75 Å². The number of ether oxygens (including phenoxy) is 1. The van der Waals surface area contributed by atoms with Gasteiger partial charge in [-0.25, -0.2) is 4.98 Å². The Balaban J connectivity index is 1.40. The number of hydrogen-bond acceptors (Lipinski definition) is 8. The van der Waals surface area contributed by atoms with Crippen LogP contribution < -0.4 is 30.5 Å². The molecule has 1 aliphatic carbocycles. The highest BCUT2D eigenvalue weighted by Gasteiger charge is 2.36. The molecule has 5 rings (SSSR count). The van der Waals surface area contributed by atoms with Crippen LogP contribution in [0.4, 0.5) is 23.1 Å². The van der Waals surface area contributed by atoms with Crippen LogP contribution in [0.2, 0.25) is 0 Å². The summed E-state index contributed by atoms with van der Waals surface area (Å²) in [6.07, 6.45) is 10.7. The normalized spacial score (nSPS) is 21.7. The van der Waals surface area contributed by atoms with Crippen LogP contribution in [0.25, 0.3) is 0 Å². The molecule has 1 saturated carbocycles. The van der Waals surface area contributed by atoms with E-state index in [1.807, 2.05) is 12.1 Å². The Kier molecular flexibility index (Phi) is 8.30. The minimum absolute atomic E-state index is 0.0560. The number of amides is 2. The van der Waals surface area contributed by atoms with Gasteiger partial charge in [-0.3, -0.25) is 9.59 Å². The predicted octanol–water partition coefficient (Wildman–Crippen LogP) is 3.63. The maximum Gasteiger partial charge on any atom is 0.251 e. The number of carbonyl (C=O) groups is 2. The summed E-state index contributed by atoms with van der Waals surface area (Å²) >= 11 is 0. The fraction of sp³-hybridized carbons (Fsp3) is 0.517. The van der Waals surface area contributed by atoms with E-state index in [1.54, 1.807) is 37.4 Å². The second-order valence-corrected chi connectivity index (χ2v) is 10.7. The number of anilines is 4. The average molecular weight is 534 g/mol. The lowest BCUT2D eigenvalue weighted by molar-refractivity contribution is -0.121. The van der Waals surface area contributed by atoms with Gasteiger partial charge in [0.1, 0.15) is 11.4 Å². The highest BCUT2D eigenvalue weighted by atomic mass is 16.5. The quantitative estimate of drug-likeness (QED) is 0.441. The Hall–Kier alpha value is -3.66. The minimum atomic E-state index is -0.179. The van der Waals surface area contributed by atoms with E-state index in [9.17, 15) is 9.59 Å². The van der Waals surface area contributed by atoms with Crippen LogP contribution in [-0.4, -0.2) is 67.7 Å². The molecule has 3 N–H and O–H groups in total. The summed E-state index contributed by atoms with van der Waals surface area (Å²) in [7, 11) is 3.37. The number of carbonyl (C=O) groups excluding carboxylic acids is 2. The van der Waals surface area contributed by atoms with Gasteiger partial charge in [-0.2, -0.15) is 4.98 Å². The van der Waals surface area contributed by atoms with Crippen molar-refractivity contribution in [3.05, 3.63) is 42.6 Å². The number of fused-ring (bicyclic) bond motifs is 1. The van der Waals surface area contributed by atoms with Crippen molar-refractivity contribution in [1.82, 2.24) is 20.6 Å². The van der Waals surface area contributed by atoms with E-state index in [0.717, 1.165) is 44.6 Å². The summed E-state index contributed by atoms with van der Waals surface area (Å²) < 4.78 is 5.62. The molecule has 0 radical (unpaired) electrons. The first-order valence-electron chi connectivity index (χ1n) is 14.0. The van der Waals surface area contributed by atoms with E-state index in [0.29, 0.717) is 47.6 Å². The van der Waals surface area contributed by atoms with Crippen molar-refractivity contribution in [1.29, 1.82) is 0 Å². The van der Waals surface area contributed by atoms with Crippen molar-refractivity contribution in [2.24, 2.45) is 5.92 Å². The molecule has 3 heterocycles. The number of allylic oxidation sites excluding steroid dienone is 1. The van der Waals surface area contributed by atoms with Crippen LogP contribution in [0, 0.1) is 5.92 Å². The number of nitrogens with one attached hydrogen (secondary N) is 3. The third kappa shape index (κ3) is 5.85. The summed E-state index contributed by atoms with van der Waals surface area (Å²) in [5.41, 5.74) is 1.90. The third-order valence-electron chi connectivity index (χ3n) is 8.04. The van der Waals surface area contributed by atoms with Crippen LogP contribution in [0.3, 0.4) is 0 Å². The Bertz CT molecular complexity index is 1210. The summed E-state index contributed by atoms with van der Waals surface area (Å²) in [4.78, 5) is 39.6. The van der Waals surface area contributed by atoms with Crippen LogP contribution in [0.1, 0.15) is 55.3 Å². The molecular weight excluding hydrogens is 494 g/mol. The lowest BCUT2D eigenvalue weighted by Gasteiger charge is -2.31. The molecule has 1 saturated heterocycles. The largest absolute Gasteiger partial charge is 0.495 e. The monoisotopic (exact) mass is 533 g/mol. The summed E-state index contributed by atoms with van der Waals surface area (Å²) in [5.74, 6) is 1.45. The molecule has 208 valence electrons. The molecule has 10 heteroatoms. The highest BCUT2D eigenvalue weighted by molar-refractivity contribution is 5.99. The lowest BCUT2D eigenvalue weighted by Crippen LogP contribution is -2.45. The first-order chi connectivity index (χ1) is 19.0. The van der Waals surface area contributed by atoms with Crippen molar-refractivity contribution < 1.29 is 14.3 Å². The minimum Gasteiger partial charge on any atom is -0.495 e. The fourth-order valence-corrected chi connectivity index (χ4v) is 5.88. The van der Waals surface area contributed by atoms with Gasteiger partial charge in [0.25, 0.3) is 5.91 Å². The van der Waals surface area contributed by atoms with Gasteiger partial charge in [0.2, 0.25) is 11.9 Å².